The average molecular weight is 540 g/mol. The summed E-state index contributed by atoms with van der Waals surface area (Å²) in [6, 6.07) is 4.48. The SMILES string of the molecule is CCc1cc(C(F)(C(F)(F)F)C(F)(F)C(F)(F)F)cc(C)c1NC(=O)c1ccc(CCl)c(Cl)c1. The third-order valence-corrected chi connectivity index (χ3v) is 5.71. The van der Waals surface area contributed by atoms with Gasteiger partial charge in [0.15, 0.2) is 0 Å². The summed E-state index contributed by atoms with van der Waals surface area (Å²) in [4.78, 5) is 12.6. The van der Waals surface area contributed by atoms with E-state index in [0.717, 1.165) is 6.92 Å². The van der Waals surface area contributed by atoms with Crippen LogP contribution < -0.4 is 5.32 Å². The first-order chi connectivity index (χ1) is 15.4. The number of carbonyl (C=O) groups excluding carboxylic acids is 1. The fourth-order valence-electron chi connectivity index (χ4n) is 3.22. The maximum absolute atomic E-state index is 14.9. The molecule has 0 fully saturated rings. The predicted molar refractivity (Wildman–Crippen MR) is 109 cm³/mol. The maximum atomic E-state index is 14.9. The summed E-state index contributed by atoms with van der Waals surface area (Å²) in [5, 5.41) is 2.50. The van der Waals surface area contributed by atoms with Crippen molar-refractivity contribution >= 4 is 34.8 Å². The molecule has 0 heterocycles. The molecule has 2 aromatic carbocycles. The van der Waals surface area contributed by atoms with Gasteiger partial charge in [-0.25, -0.2) is 4.39 Å². The minimum Gasteiger partial charge on any atom is -0.321 e. The Morgan fingerprint density at radius 2 is 1.50 bits per heavy atom. The highest BCUT2D eigenvalue weighted by Crippen LogP contribution is 2.58. The fourth-order valence-corrected chi connectivity index (χ4v) is 3.77. The highest BCUT2D eigenvalue weighted by Gasteiger charge is 2.81. The molecule has 0 radical (unpaired) electrons. The molecule has 0 aliphatic rings. The summed E-state index contributed by atoms with van der Waals surface area (Å²) in [6.45, 7) is 2.36. The van der Waals surface area contributed by atoms with Gasteiger partial charge in [-0.1, -0.05) is 30.7 Å². The number of aryl methyl sites for hydroxylation is 2. The molecule has 2 aromatic rings. The molecule has 188 valence electrons. The molecule has 0 saturated heterocycles. The van der Waals surface area contributed by atoms with Gasteiger partial charge in [0, 0.05) is 27.7 Å². The Kier molecular flexibility index (Phi) is 7.84. The minimum absolute atomic E-state index is 0.00290. The van der Waals surface area contributed by atoms with Crippen molar-refractivity contribution in [2.75, 3.05) is 5.32 Å². The molecule has 0 aliphatic carbocycles. The molecule has 0 aromatic heterocycles. The van der Waals surface area contributed by atoms with Gasteiger partial charge >= 0.3 is 23.9 Å². The lowest BCUT2D eigenvalue weighted by Gasteiger charge is -2.36. The third-order valence-electron chi connectivity index (χ3n) is 5.07. The lowest BCUT2D eigenvalue weighted by molar-refractivity contribution is -0.389. The zero-order valence-corrected chi connectivity index (χ0v) is 18.9. The van der Waals surface area contributed by atoms with E-state index in [0.29, 0.717) is 5.56 Å². The highest BCUT2D eigenvalue weighted by molar-refractivity contribution is 6.32. The molecular formula is C21H16Cl2F9NO. The number of amides is 1. The zero-order valence-electron chi connectivity index (χ0n) is 17.4. The largest absolute Gasteiger partial charge is 0.457 e. The summed E-state index contributed by atoms with van der Waals surface area (Å²) in [6.07, 6.45) is -13.7. The number of alkyl halides is 10. The van der Waals surface area contributed by atoms with Gasteiger partial charge in [-0.2, -0.15) is 35.1 Å². The van der Waals surface area contributed by atoms with Crippen molar-refractivity contribution in [1.29, 1.82) is 0 Å². The number of anilines is 1. The van der Waals surface area contributed by atoms with Crippen molar-refractivity contribution in [3.05, 3.63) is 63.2 Å². The number of benzene rings is 2. The molecular weight excluding hydrogens is 524 g/mol. The first-order valence-electron chi connectivity index (χ1n) is 9.42. The molecule has 0 bridgehead atoms. The number of hydrogen-bond donors (Lipinski definition) is 1. The highest BCUT2D eigenvalue weighted by atomic mass is 35.5. The van der Waals surface area contributed by atoms with Crippen molar-refractivity contribution in [3.63, 3.8) is 0 Å². The van der Waals surface area contributed by atoms with Crippen molar-refractivity contribution < 1.29 is 44.3 Å². The second kappa shape index (κ2) is 9.49. The minimum atomic E-state index is -6.83. The number of rotatable bonds is 6. The molecule has 2 nitrogen and oxygen atoms in total. The molecule has 1 N–H and O–H groups in total. The summed E-state index contributed by atoms with van der Waals surface area (Å²) < 4.78 is 121. The fraction of sp³-hybridized carbons (Fsp3) is 0.381. The van der Waals surface area contributed by atoms with Crippen LogP contribution in [-0.4, -0.2) is 24.2 Å². The van der Waals surface area contributed by atoms with Gasteiger partial charge < -0.3 is 5.32 Å². The Balaban J connectivity index is 2.61. The summed E-state index contributed by atoms with van der Waals surface area (Å²) in [5.41, 5.74) is -8.33. The van der Waals surface area contributed by atoms with E-state index >= 15 is 0 Å². The molecule has 2 rings (SSSR count). The first kappa shape index (κ1) is 28.1. The van der Waals surface area contributed by atoms with E-state index in [-0.39, 0.29) is 51.8 Å². The van der Waals surface area contributed by atoms with Crippen LogP contribution in [0, 0.1) is 6.92 Å². The van der Waals surface area contributed by atoms with Crippen LogP contribution >= 0.6 is 23.2 Å². The van der Waals surface area contributed by atoms with Gasteiger partial charge in [-0.15, -0.1) is 11.6 Å². The number of nitrogens with one attached hydrogen (secondary N) is 1. The number of halogens is 11. The summed E-state index contributed by atoms with van der Waals surface area (Å²) in [7, 11) is 0. The second-order valence-corrected chi connectivity index (χ2v) is 7.98. The van der Waals surface area contributed by atoms with E-state index in [1.807, 2.05) is 0 Å². The van der Waals surface area contributed by atoms with Crippen molar-refractivity contribution in [2.45, 2.75) is 50.1 Å². The van der Waals surface area contributed by atoms with Crippen LogP contribution in [0.25, 0.3) is 0 Å². The van der Waals surface area contributed by atoms with Gasteiger partial charge in [-0.05, 0) is 48.2 Å². The van der Waals surface area contributed by atoms with E-state index in [1.54, 1.807) is 0 Å². The smallest absolute Gasteiger partial charge is 0.321 e. The Labute approximate surface area is 198 Å². The molecule has 0 spiro atoms. The third kappa shape index (κ3) is 4.82. The number of carbonyl (C=O) groups is 1. The lowest BCUT2D eigenvalue weighted by Crippen LogP contribution is -2.59. The molecule has 1 atom stereocenters. The van der Waals surface area contributed by atoms with Crippen molar-refractivity contribution in [3.8, 4) is 0 Å². The van der Waals surface area contributed by atoms with Crippen LogP contribution in [0.3, 0.4) is 0 Å². The van der Waals surface area contributed by atoms with Gasteiger partial charge in [0.05, 0.1) is 0 Å². The Morgan fingerprint density at radius 3 is 1.94 bits per heavy atom. The van der Waals surface area contributed by atoms with Crippen LogP contribution in [0.2, 0.25) is 5.02 Å². The molecule has 34 heavy (non-hydrogen) atoms. The monoisotopic (exact) mass is 539 g/mol. The quantitative estimate of drug-likeness (QED) is 0.291. The Bertz CT molecular complexity index is 1080. The maximum Gasteiger partial charge on any atom is 0.457 e. The predicted octanol–water partition coefficient (Wildman–Crippen LogP) is 8.13. The topological polar surface area (TPSA) is 29.1 Å². The van der Waals surface area contributed by atoms with E-state index < -0.39 is 35.4 Å². The van der Waals surface area contributed by atoms with Crippen molar-refractivity contribution in [1.82, 2.24) is 0 Å². The standard InChI is InChI=1S/C21H16Cl2F9NO/c1-3-11-7-14(18(24,20(27,28)29)19(25,26)21(30,31)32)6-10(2)16(11)33-17(34)12-4-5-13(9-22)15(23)8-12/h4-8H,3,9H2,1-2H3,(H,33,34). The number of hydrogen-bond acceptors (Lipinski definition) is 1. The summed E-state index contributed by atoms with van der Waals surface area (Å²) >= 11 is 11.7. The second-order valence-electron chi connectivity index (χ2n) is 7.30. The van der Waals surface area contributed by atoms with Crippen LogP contribution in [0.4, 0.5) is 45.2 Å². The van der Waals surface area contributed by atoms with E-state index in [1.165, 1.54) is 25.1 Å². The molecule has 13 heteroatoms. The van der Waals surface area contributed by atoms with Crippen LogP contribution in [0.5, 0.6) is 0 Å². The van der Waals surface area contributed by atoms with Gasteiger partial charge in [-0.3, -0.25) is 4.79 Å². The molecule has 1 unspecified atom stereocenters. The van der Waals surface area contributed by atoms with Crippen LogP contribution in [0.15, 0.2) is 30.3 Å². The van der Waals surface area contributed by atoms with E-state index in [2.05, 4.69) is 5.32 Å². The van der Waals surface area contributed by atoms with Crippen LogP contribution in [-0.2, 0) is 18.0 Å². The van der Waals surface area contributed by atoms with Gasteiger partial charge in [0.1, 0.15) is 0 Å². The normalized spacial score (nSPS) is 14.6. The Hall–Kier alpha value is -2.14. The van der Waals surface area contributed by atoms with Gasteiger partial charge in [0.2, 0.25) is 0 Å². The first-order valence-corrected chi connectivity index (χ1v) is 10.3. The summed E-state index contributed by atoms with van der Waals surface area (Å²) in [5.74, 6) is -7.55. The molecule has 0 saturated carbocycles. The molecule has 1 amide bonds. The molecule has 0 aliphatic heterocycles. The van der Waals surface area contributed by atoms with Crippen LogP contribution in [0.1, 0.15) is 39.5 Å². The van der Waals surface area contributed by atoms with E-state index in [4.69, 9.17) is 23.2 Å². The van der Waals surface area contributed by atoms with Crippen molar-refractivity contribution in [2.24, 2.45) is 0 Å². The average Bonchev–Trinajstić information content (AvgIpc) is 2.72. The van der Waals surface area contributed by atoms with Gasteiger partial charge in [0.25, 0.3) is 5.91 Å². The Morgan fingerprint density at radius 1 is 0.912 bits per heavy atom. The zero-order chi connectivity index (χ0) is 26.3. The lowest BCUT2D eigenvalue weighted by atomic mass is 9.85. The van der Waals surface area contributed by atoms with E-state index in [9.17, 15) is 44.3 Å².